The normalized spacial score (nSPS) is 25.0. The molecule has 0 radical (unpaired) electrons. The van der Waals surface area contributed by atoms with Gasteiger partial charge in [0.2, 0.25) is 5.76 Å². The lowest BCUT2D eigenvalue weighted by Crippen LogP contribution is -2.41. The van der Waals surface area contributed by atoms with Gasteiger partial charge in [-0.1, -0.05) is 5.16 Å². The smallest absolute Gasteiger partial charge is 0.290 e. The first-order chi connectivity index (χ1) is 11.1. The van der Waals surface area contributed by atoms with Gasteiger partial charge in [0.25, 0.3) is 5.91 Å². The highest BCUT2D eigenvalue weighted by atomic mass is 16.5. The van der Waals surface area contributed by atoms with Crippen LogP contribution in [-0.4, -0.2) is 32.1 Å². The van der Waals surface area contributed by atoms with Crippen LogP contribution in [0.5, 0.6) is 0 Å². The first kappa shape index (κ1) is 14.4. The monoisotopic (exact) mass is 316 g/mol. The third kappa shape index (κ3) is 2.88. The van der Waals surface area contributed by atoms with E-state index in [9.17, 15) is 9.90 Å². The second kappa shape index (κ2) is 5.49. The number of nitrogens with zero attached hydrogens (tertiary/aromatic N) is 3. The maximum Gasteiger partial charge on any atom is 0.290 e. The summed E-state index contributed by atoms with van der Waals surface area (Å²) >= 11 is 0. The number of nitrogens with one attached hydrogen (secondary N) is 1. The van der Waals surface area contributed by atoms with Crippen LogP contribution in [0.4, 0.5) is 0 Å². The van der Waals surface area contributed by atoms with Crippen molar-refractivity contribution < 1.29 is 14.4 Å². The van der Waals surface area contributed by atoms with Crippen molar-refractivity contribution >= 4 is 5.91 Å². The van der Waals surface area contributed by atoms with E-state index in [2.05, 4.69) is 15.6 Å². The summed E-state index contributed by atoms with van der Waals surface area (Å²) < 4.78 is 6.90. The zero-order valence-electron chi connectivity index (χ0n) is 13.0. The van der Waals surface area contributed by atoms with E-state index in [4.69, 9.17) is 4.52 Å². The number of aliphatic hydroxyl groups excluding tert-OH is 1. The van der Waals surface area contributed by atoms with Gasteiger partial charge in [-0.05, 0) is 31.6 Å². The first-order valence-electron chi connectivity index (χ1n) is 8.04. The standard InChI is InChI=1S/C16H20N4O3/c1-20-8-11(7-17-20)15(10-4-12(21)5-10)18-16(22)14-6-13(19-23-14)9-2-3-9/h6-10,12,15,21H,2-5H2,1H3,(H,18,22)/t10?,12?,15-/m1/s1. The Morgan fingerprint density at radius 3 is 2.87 bits per heavy atom. The summed E-state index contributed by atoms with van der Waals surface area (Å²) in [6.07, 6.45) is 6.98. The molecule has 2 saturated carbocycles. The Bertz CT molecular complexity index is 712. The Morgan fingerprint density at radius 1 is 1.48 bits per heavy atom. The zero-order chi connectivity index (χ0) is 16.0. The third-order valence-electron chi connectivity index (χ3n) is 4.74. The summed E-state index contributed by atoms with van der Waals surface area (Å²) in [5.74, 6) is 0.653. The number of aryl methyl sites for hydroxylation is 1. The van der Waals surface area contributed by atoms with Crippen LogP contribution in [0.3, 0.4) is 0 Å². The van der Waals surface area contributed by atoms with E-state index in [1.165, 1.54) is 0 Å². The molecule has 0 aliphatic heterocycles. The molecular weight excluding hydrogens is 296 g/mol. The van der Waals surface area contributed by atoms with Crippen molar-refractivity contribution in [1.82, 2.24) is 20.3 Å². The molecule has 2 aromatic rings. The first-order valence-corrected chi connectivity index (χ1v) is 8.04. The zero-order valence-corrected chi connectivity index (χ0v) is 13.0. The minimum Gasteiger partial charge on any atom is -0.393 e. The summed E-state index contributed by atoms with van der Waals surface area (Å²) in [6, 6.07) is 1.57. The minimum absolute atomic E-state index is 0.172. The molecule has 7 nitrogen and oxygen atoms in total. The molecule has 2 N–H and O–H groups in total. The van der Waals surface area contributed by atoms with E-state index < -0.39 is 0 Å². The highest BCUT2D eigenvalue weighted by molar-refractivity contribution is 5.91. The van der Waals surface area contributed by atoms with Crippen LogP contribution in [0, 0.1) is 5.92 Å². The van der Waals surface area contributed by atoms with Crippen LogP contribution in [0.2, 0.25) is 0 Å². The lowest BCUT2D eigenvalue weighted by Gasteiger charge is -2.37. The summed E-state index contributed by atoms with van der Waals surface area (Å²) in [7, 11) is 1.84. The van der Waals surface area contributed by atoms with Gasteiger partial charge in [0.15, 0.2) is 0 Å². The number of amides is 1. The van der Waals surface area contributed by atoms with Crippen LogP contribution in [-0.2, 0) is 7.05 Å². The Kier molecular flexibility index (Phi) is 3.45. The van der Waals surface area contributed by atoms with Crippen molar-refractivity contribution in [2.75, 3.05) is 0 Å². The highest BCUT2D eigenvalue weighted by Gasteiger charge is 2.37. The fourth-order valence-electron chi connectivity index (χ4n) is 3.16. The number of hydrogen-bond donors (Lipinski definition) is 2. The summed E-state index contributed by atoms with van der Waals surface area (Å²) in [6.45, 7) is 0. The topological polar surface area (TPSA) is 93.2 Å². The van der Waals surface area contributed by atoms with Crippen LogP contribution in [0.1, 0.15) is 59.5 Å². The Labute approximate surface area is 133 Å². The van der Waals surface area contributed by atoms with Crippen molar-refractivity contribution in [2.24, 2.45) is 13.0 Å². The molecule has 2 aliphatic carbocycles. The van der Waals surface area contributed by atoms with Crippen molar-refractivity contribution in [2.45, 2.75) is 43.7 Å². The molecular formula is C16H20N4O3. The molecule has 0 spiro atoms. The fourth-order valence-corrected chi connectivity index (χ4v) is 3.16. The van der Waals surface area contributed by atoms with Crippen LogP contribution in [0.15, 0.2) is 23.0 Å². The minimum atomic E-state index is -0.275. The number of aromatic nitrogens is 3. The molecule has 2 aromatic heterocycles. The van der Waals surface area contributed by atoms with E-state index >= 15 is 0 Å². The fraction of sp³-hybridized carbons (Fsp3) is 0.562. The average molecular weight is 316 g/mol. The largest absolute Gasteiger partial charge is 0.393 e. The number of aliphatic hydroxyl groups is 1. The van der Waals surface area contributed by atoms with E-state index in [1.54, 1.807) is 16.9 Å². The molecule has 7 heteroatoms. The van der Waals surface area contributed by atoms with Crippen LogP contribution >= 0.6 is 0 Å². The van der Waals surface area contributed by atoms with Gasteiger partial charge < -0.3 is 14.9 Å². The number of carbonyl (C=O) groups is 1. The number of hydrogen-bond acceptors (Lipinski definition) is 5. The average Bonchev–Trinajstić information content (AvgIpc) is 3.06. The predicted octanol–water partition coefficient (Wildman–Crippen LogP) is 1.53. The molecule has 1 atom stereocenters. The second-order valence-electron chi connectivity index (χ2n) is 6.67. The van der Waals surface area contributed by atoms with Gasteiger partial charge in [-0.15, -0.1) is 0 Å². The molecule has 0 saturated heterocycles. The molecule has 1 amide bonds. The molecule has 0 aromatic carbocycles. The molecule has 2 fully saturated rings. The molecule has 2 heterocycles. The maximum absolute atomic E-state index is 12.5. The summed E-state index contributed by atoms with van der Waals surface area (Å²) in [5, 5.41) is 20.8. The molecule has 0 bridgehead atoms. The van der Waals surface area contributed by atoms with Gasteiger partial charge in [-0.2, -0.15) is 5.10 Å². The molecule has 23 heavy (non-hydrogen) atoms. The maximum atomic E-state index is 12.5. The third-order valence-corrected chi connectivity index (χ3v) is 4.74. The quantitative estimate of drug-likeness (QED) is 0.872. The van der Waals surface area contributed by atoms with Gasteiger partial charge in [-0.25, -0.2) is 0 Å². The van der Waals surface area contributed by atoms with Crippen LogP contribution < -0.4 is 5.32 Å². The van der Waals surface area contributed by atoms with E-state index in [1.807, 2.05) is 13.2 Å². The Balaban J connectivity index is 1.50. The summed E-state index contributed by atoms with van der Waals surface area (Å²) in [5.41, 5.74) is 1.81. The van der Waals surface area contributed by atoms with E-state index in [0.717, 1.165) is 24.1 Å². The van der Waals surface area contributed by atoms with Crippen molar-refractivity contribution in [3.05, 3.63) is 35.5 Å². The van der Waals surface area contributed by atoms with Gasteiger partial charge in [0.1, 0.15) is 0 Å². The highest BCUT2D eigenvalue weighted by Crippen LogP contribution is 2.40. The molecule has 2 aliphatic rings. The molecule has 0 unspecified atom stereocenters. The number of rotatable bonds is 5. The number of carbonyl (C=O) groups excluding carboxylic acids is 1. The van der Waals surface area contributed by atoms with Gasteiger partial charge >= 0.3 is 0 Å². The Morgan fingerprint density at radius 2 is 2.26 bits per heavy atom. The van der Waals surface area contributed by atoms with Gasteiger partial charge in [0, 0.05) is 30.8 Å². The second-order valence-corrected chi connectivity index (χ2v) is 6.67. The van der Waals surface area contributed by atoms with Crippen LogP contribution in [0.25, 0.3) is 0 Å². The van der Waals surface area contributed by atoms with Crippen molar-refractivity contribution in [1.29, 1.82) is 0 Å². The predicted molar refractivity (Wildman–Crippen MR) is 80.6 cm³/mol. The van der Waals surface area contributed by atoms with Crippen molar-refractivity contribution in [3.63, 3.8) is 0 Å². The molecule has 122 valence electrons. The SMILES string of the molecule is Cn1cc([C@H](NC(=O)c2cc(C3CC3)no2)C2CC(O)C2)cn1. The lowest BCUT2D eigenvalue weighted by atomic mass is 9.75. The Hall–Kier alpha value is -2.15. The van der Waals surface area contributed by atoms with Gasteiger partial charge in [0.05, 0.1) is 24.0 Å². The van der Waals surface area contributed by atoms with Gasteiger partial charge in [-0.3, -0.25) is 9.48 Å². The molecule has 4 rings (SSSR count). The van der Waals surface area contributed by atoms with E-state index in [0.29, 0.717) is 18.8 Å². The van der Waals surface area contributed by atoms with E-state index in [-0.39, 0.29) is 29.7 Å². The lowest BCUT2D eigenvalue weighted by molar-refractivity contribution is 0.0231. The van der Waals surface area contributed by atoms with Crippen molar-refractivity contribution in [3.8, 4) is 0 Å². The summed E-state index contributed by atoms with van der Waals surface area (Å²) in [4.78, 5) is 12.5.